The fraction of sp³-hybridized carbons (Fsp3) is 0.357. The van der Waals surface area contributed by atoms with Crippen LogP contribution in [-0.4, -0.2) is 31.3 Å². The normalized spacial score (nSPS) is 19.3. The Labute approximate surface area is 106 Å². The standard InChI is InChI=1S/C14H17N3O/c1-17(10-5-7-18-9-10)14-3-2-13(15)12-8-16-6-4-11(12)14/h2-4,6,8,10H,5,7,9,15H2,1H3. The number of nitrogen functional groups attached to an aromatic ring is 1. The number of aromatic nitrogens is 1. The van der Waals surface area contributed by atoms with Crippen molar-refractivity contribution in [3.8, 4) is 0 Å². The first kappa shape index (κ1) is 11.3. The molecule has 0 radical (unpaired) electrons. The van der Waals surface area contributed by atoms with Crippen molar-refractivity contribution in [2.45, 2.75) is 12.5 Å². The van der Waals surface area contributed by atoms with Gasteiger partial charge in [-0.25, -0.2) is 0 Å². The van der Waals surface area contributed by atoms with Gasteiger partial charge in [-0.1, -0.05) is 0 Å². The molecule has 1 aromatic heterocycles. The first-order chi connectivity index (χ1) is 8.77. The van der Waals surface area contributed by atoms with Crippen LogP contribution in [0.4, 0.5) is 11.4 Å². The SMILES string of the molecule is CN(c1ccc(N)c2cnccc12)C1CCOC1. The molecule has 94 valence electrons. The van der Waals surface area contributed by atoms with Crippen LogP contribution in [0.1, 0.15) is 6.42 Å². The van der Waals surface area contributed by atoms with Crippen molar-refractivity contribution in [3.63, 3.8) is 0 Å². The van der Waals surface area contributed by atoms with Gasteiger partial charge in [0.05, 0.1) is 12.6 Å². The van der Waals surface area contributed by atoms with Gasteiger partial charge in [-0.2, -0.15) is 0 Å². The van der Waals surface area contributed by atoms with Crippen molar-refractivity contribution in [1.82, 2.24) is 4.98 Å². The van der Waals surface area contributed by atoms with Gasteiger partial charge in [0.25, 0.3) is 0 Å². The summed E-state index contributed by atoms with van der Waals surface area (Å²) in [4.78, 5) is 6.43. The van der Waals surface area contributed by atoms with E-state index < -0.39 is 0 Å². The van der Waals surface area contributed by atoms with Crippen molar-refractivity contribution < 1.29 is 4.74 Å². The van der Waals surface area contributed by atoms with Gasteiger partial charge in [0.1, 0.15) is 0 Å². The lowest BCUT2D eigenvalue weighted by Crippen LogP contribution is -2.31. The van der Waals surface area contributed by atoms with Gasteiger partial charge in [0.15, 0.2) is 0 Å². The summed E-state index contributed by atoms with van der Waals surface area (Å²) in [7, 11) is 2.12. The van der Waals surface area contributed by atoms with Crippen LogP contribution in [-0.2, 0) is 4.74 Å². The predicted octanol–water partition coefficient (Wildman–Crippen LogP) is 2.04. The topological polar surface area (TPSA) is 51.4 Å². The Morgan fingerprint density at radius 3 is 3.00 bits per heavy atom. The van der Waals surface area contributed by atoms with Crippen LogP contribution in [0.25, 0.3) is 10.8 Å². The van der Waals surface area contributed by atoms with Crippen molar-refractivity contribution >= 4 is 22.1 Å². The Kier molecular flexibility index (Phi) is 2.80. The van der Waals surface area contributed by atoms with Crippen LogP contribution in [0.2, 0.25) is 0 Å². The molecule has 0 spiro atoms. The Morgan fingerprint density at radius 1 is 1.33 bits per heavy atom. The number of likely N-dealkylation sites (N-methyl/N-ethyl adjacent to an activating group) is 1. The molecule has 1 aliphatic heterocycles. The van der Waals surface area contributed by atoms with E-state index in [1.54, 1.807) is 0 Å². The van der Waals surface area contributed by atoms with E-state index in [-0.39, 0.29) is 0 Å². The summed E-state index contributed by atoms with van der Waals surface area (Å²) >= 11 is 0. The molecule has 2 N–H and O–H groups in total. The average Bonchev–Trinajstić information content (AvgIpc) is 2.93. The molecule has 2 heterocycles. The smallest absolute Gasteiger partial charge is 0.0670 e. The Morgan fingerprint density at radius 2 is 2.22 bits per heavy atom. The fourth-order valence-electron chi connectivity index (χ4n) is 2.53. The second kappa shape index (κ2) is 4.46. The summed E-state index contributed by atoms with van der Waals surface area (Å²) in [5, 5.41) is 2.17. The second-order valence-electron chi connectivity index (χ2n) is 4.72. The average molecular weight is 243 g/mol. The molecule has 4 nitrogen and oxygen atoms in total. The van der Waals surface area contributed by atoms with E-state index in [4.69, 9.17) is 10.5 Å². The number of rotatable bonds is 2. The number of pyridine rings is 1. The third-order valence-electron chi connectivity index (χ3n) is 3.66. The molecule has 1 atom stereocenters. The molecule has 1 unspecified atom stereocenters. The third-order valence-corrected chi connectivity index (χ3v) is 3.66. The number of hydrogen-bond acceptors (Lipinski definition) is 4. The van der Waals surface area contributed by atoms with Gasteiger partial charge in [0, 0.05) is 48.2 Å². The van der Waals surface area contributed by atoms with E-state index in [1.807, 2.05) is 24.5 Å². The van der Waals surface area contributed by atoms with E-state index >= 15 is 0 Å². The zero-order valence-corrected chi connectivity index (χ0v) is 10.5. The fourth-order valence-corrected chi connectivity index (χ4v) is 2.53. The highest BCUT2D eigenvalue weighted by atomic mass is 16.5. The Balaban J connectivity index is 2.08. The molecular formula is C14H17N3O. The molecule has 1 fully saturated rings. The minimum Gasteiger partial charge on any atom is -0.398 e. The van der Waals surface area contributed by atoms with Gasteiger partial charge < -0.3 is 15.4 Å². The van der Waals surface area contributed by atoms with Crippen LogP contribution in [0.15, 0.2) is 30.6 Å². The number of benzene rings is 1. The summed E-state index contributed by atoms with van der Waals surface area (Å²) in [6, 6.07) is 6.50. The molecule has 3 rings (SSSR count). The molecule has 1 saturated heterocycles. The minimum absolute atomic E-state index is 0.449. The molecular weight excluding hydrogens is 226 g/mol. The van der Waals surface area contributed by atoms with Crippen molar-refractivity contribution in [2.24, 2.45) is 0 Å². The molecule has 0 bridgehead atoms. The maximum absolute atomic E-state index is 6.00. The van der Waals surface area contributed by atoms with E-state index in [0.29, 0.717) is 6.04 Å². The third kappa shape index (κ3) is 1.78. The number of fused-ring (bicyclic) bond motifs is 1. The molecule has 0 amide bonds. The number of nitrogens with zero attached hydrogens (tertiary/aromatic N) is 2. The maximum Gasteiger partial charge on any atom is 0.0670 e. The van der Waals surface area contributed by atoms with E-state index in [0.717, 1.165) is 36.1 Å². The van der Waals surface area contributed by atoms with Crippen molar-refractivity contribution in [1.29, 1.82) is 0 Å². The van der Waals surface area contributed by atoms with Crippen LogP contribution >= 0.6 is 0 Å². The molecule has 2 aromatic rings. The van der Waals surface area contributed by atoms with Crippen LogP contribution in [0.5, 0.6) is 0 Å². The first-order valence-corrected chi connectivity index (χ1v) is 6.20. The highest BCUT2D eigenvalue weighted by molar-refractivity contribution is 6.00. The highest BCUT2D eigenvalue weighted by Crippen LogP contribution is 2.31. The van der Waals surface area contributed by atoms with Gasteiger partial charge in [-0.3, -0.25) is 4.98 Å². The van der Waals surface area contributed by atoms with Crippen molar-refractivity contribution in [3.05, 3.63) is 30.6 Å². The highest BCUT2D eigenvalue weighted by Gasteiger charge is 2.21. The summed E-state index contributed by atoms with van der Waals surface area (Å²) in [5.41, 5.74) is 7.96. The molecule has 1 aromatic carbocycles. The number of nitrogens with two attached hydrogens (primary N) is 1. The lowest BCUT2D eigenvalue weighted by atomic mass is 10.1. The van der Waals surface area contributed by atoms with Crippen LogP contribution in [0, 0.1) is 0 Å². The summed E-state index contributed by atoms with van der Waals surface area (Å²) < 4.78 is 5.46. The van der Waals surface area contributed by atoms with Gasteiger partial charge in [-0.05, 0) is 24.6 Å². The second-order valence-corrected chi connectivity index (χ2v) is 4.72. The van der Waals surface area contributed by atoms with E-state index in [9.17, 15) is 0 Å². The largest absolute Gasteiger partial charge is 0.398 e. The van der Waals surface area contributed by atoms with Crippen molar-refractivity contribution in [2.75, 3.05) is 30.9 Å². The van der Waals surface area contributed by atoms with Crippen LogP contribution < -0.4 is 10.6 Å². The lowest BCUT2D eigenvalue weighted by molar-refractivity contribution is 0.193. The number of hydrogen-bond donors (Lipinski definition) is 1. The Bertz CT molecular complexity index is 564. The Hall–Kier alpha value is -1.81. The quantitative estimate of drug-likeness (QED) is 0.820. The predicted molar refractivity (Wildman–Crippen MR) is 73.8 cm³/mol. The summed E-state index contributed by atoms with van der Waals surface area (Å²) in [6.07, 6.45) is 4.71. The van der Waals surface area contributed by atoms with Gasteiger partial charge >= 0.3 is 0 Å². The van der Waals surface area contributed by atoms with Crippen LogP contribution in [0.3, 0.4) is 0 Å². The lowest BCUT2D eigenvalue weighted by Gasteiger charge is -2.27. The zero-order valence-electron chi connectivity index (χ0n) is 10.5. The molecule has 4 heteroatoms. The first-order valence-electron chi connectivity index (χ1n) is 6.20. The molecule has 0 saturated carbocycles. The monoisotopic (exact) mass is 243 g/mol. The molecule has 18 heavy (non-hydrogen) atoms. The zero-order chi connectivity index (χ0) is 12.5. The van der Waals surface area contributed by atoms with Gasteiger partial charge in [-0.15, -0.1) is 0 Å². The minimum atomic E-state index is 0.449. The molecule has 0 aliphatic carbocycles. The van der Waals surface area contributed by atoms with E-state index in [2.05, 4.69) is 23.0 Å². The number of ether oxygens (including phenoxy) is 1. The number of anilines is 2. The molecule has 1 aliphatic rings. The van der Waals surface area contributed by atoms with E-state index in [1.165, 1.54) is 5.69 Å². The van der Waals surface area contributed by atoms with Gasteiger partial charge in [0.2, 0.25) is 0 Å². The maximum atomic E-state index is 6.00. The summed E-state index contributed by atoms with van der Waals surface area (Å²) in [5.74, 6) is 0. The summed E-state index contributed by atoms with van der Waals surface area (Å²) in [6.45, 7) is 1.65.